The number of nitrogens with zero attached hydrogens (tertiary/aromatic N) is 1. The molecule has 4 heteroatoms. The standard InChI is InChI=1S/C16H26F2N2/c1-11(2)5-7-20(8-6-12(3)4)15-10-13(17)9-14(18)16(15)19/h9-12H,5-8,19H2,1-4H3. The Balaban J connectivity index is 2.96. The molecule has 1 aromatic rings. The Hall–Kier alpha value is -1.32. The minimum Gasteiger partial charge on any atom is -0.395 e. The molecule has 0 spiro atoms. The quantitative estimate of drug-likeness (QED) is 0.750. The fourth-order valence-electron chi connectivity index (χ4n) is 2.01. The van der Waals surface area contributed by atoms with E-state index in [1.807, 2.05) is 4.90 Å². The van der Waals surface area contributed by atoms with Crippen molar-refractivity contribution in [3.63, 3.8) is 0 Å². The van der Waals surface area contributed by atoms with Gasteiger partial charge in [0, 0.05) is 19.2 Å². The number of nitrogen functional groups attached to an aromatic ring is 1. The zero-order valence-electron chi connectivity index (χ0n) is 12.9. The van der Waals surface area contributed by atoms with Crippen molar-refractivity contribution in [2.24, 2.45) is 11.8 Å². The Bertz CT molecular complexity index is 419. The first-order valence-corrected chi connectivity index (χ1v) is 7.30. The third-order valence-corrected chi connectivity index (χ3v) is 3.37. The molecule has 2 nitrogen and oxygen atoms in total. The van der Waals surface area contributed by atoms with Gasteiger partial charge in [-0.1, -0.05) is 27.7 Å². The summed E-state index contributed by atoms with van der Waals surface area (Å²) in [6, 6.07) is 2.17. The van der Waals surface area contributed by atoms with E-state index in [0.29, 0.717) is 17.5 Å². The monoisotopic (exact) mass is 284 g/mol. The molecule has 0 saturated carbocycles. The normalized spacial score (nSPS) is 11.4. The molecule has 0 unspecified atom stereocenters. The van der Waals surface area contributed by atoms with E-state index < -0.39 is 11.6 Å². The highest BCUT2D eigenvalue weighted by Gasteiger charge is 2.15. The van der Waals surface area contributed by atoms with Gasteiger partial charge in [-0.15, -0.1) is 0 Å². The van der Waals surface area contributed by atoms with Crippen molar-refractivity contribution in [2.75, 3.05) is 23.7 Å². The maximum Gasteiger partial charge on any atom is 0.151 e. The van der Waals surface area contributed by atoms with Crippen LogP contribution >= 0.6 is 0 Å². The number of rotatable bonds is 7. The van der Waals surface area contributed by atoms with E-state index in [1.165, 1.54) is 6.07 Å². The number of nitrogens with two attached hydrogens (primary N) is 1. The lowest BCUT2D eigenvalue weighted by Gasteiger charge is -2.28. The summed E-state index contributed by atoms with van der Waals surface area (Å²) in [6.07, 6.45) is 1.94. The van der Waals surface area contributed by atoms with Crippen LogP contribution in [0, 0.1) is 23.5 Å². The molecular weight excluding hydrogens is 258 g/mol. The SMILES string of the molecule is CC(C)CCN(CCC(C)C)c1cc(F)cc(F)c1N. The highest BCUT2D eigenvalue weighted by Crippen LogP contribution is 2.28. The molecule has 0 fully saturated rings. The van der Waals surface area contributed by atoms with Gasteiger partial charge in [0.15, 0.2) is 5.82 Å². The van der Waals surface area contributed by atoms with Gasteiger partial charge in [-0.05, 0) is 30.7 Å². The van der Waals surface area contributed by atoms with Crippen LogP contribution in [0.4, 0.5) is 20.2 Å². The maximum atomic E-state index is 13.6. The fraction of sp³-hybridized carbons (Fsp3) is 0.625. The topological polar surface area (TPSA) is 29.3 Å². The summed E-state index contributed by atoms with van der Waals surface area (Å²) < 4.78 is 27.1. The second-order valence-electron chi connectivity index (χ2n) is 6.17. The van der Waals surface area contributed by atoms with Gasteiger partial charge in [0.25, 0.3) is 0 Å². The molecule has 0 aliphatic carbocycles. The second kappa shape index (κ2) is 7.46. The van der Waals surface area contributed by atoms with Crippen molar-refractivity contribution in [3.8, 4) is 0 Å². The first kappa shape index (κ1) is 16.7. The predicted molar refractivity (Wildman–Crippen MR) is 81.9 cm³/mol. The number of hydrogen-bond donors (Lipinski definition) is 1. The lowest BCUT2D eigenvalue weighted by molar-refractivity contribution is 0.532. The molecule has 0 saturated heterocycles. The first-order valence-electron chi connectivity index (χ1n) is 7.30. The highest BCUT2D eigenvalue weighted by atomic mass is 19.1. The molecule has 0 aliphatic rings. The first-order chi connectivity index (χ1) is 9.31. The van der Waals surface area contributed by atoms with Crippen LogP contribution in [0.3, 0.4) is 0 Å². The fourth-order valence-corrected chi connectivity index (χ4v) is 2.01. The third kappa shape index (κ3) is 4.99. The van der Waals surface area contributed by atoms with Gasteiger partial charge in [0.05, 0.1) is 11.4 Å². The van der Waals surface area contributed by atoms with Crippen LogP contribution < -0.4 is 10.6 Å². The highest BCUT2D eigenvalue weighted by molar-refractivity contribution is 5.68. The maximum absolute atomic E-state index is 13.6. The van der Waals surface area contributed by atoms with E-state index in [0.717, 1.165) is 32.0 Å². The van der Waals surface area contributed by atoms with Crippen LogP contribution in [0.25, 0.3) is 0 Å². The Morgan fingerprint density at radius 1 is 1.00 bits per heavy atom. The Morgan fingerprint density at radius 3 is 1.95 bits per heavy atom. The summed E-state index contributed by atoms with van der Waals surface area (Å²) >= 11 is 0. The number of benzene rings is 1. The lowest BCUT2D eigenvalue weighted by atomic mass is 10.1. The van der Waals surface area contributed by atoms with Crippen LogP contribution in [-0.4, -0.2) is 13.1 Å². The van der Waals surface area contributed by atoms with E-state index in [4.69, 9.17) is 5.73 Å². The average Bonchev–Trinajstić information content (AvgIpc) is 2.33. The average molecular weight is 284 g/mol. The van der Waals surface area contributed by atoms with Crippen molar-refractivity contribution in [1.82, 2.24) is 0 Å². The van der Waals surface area contributed by atoms with Crippen molar-refractivity contribution in [3.05, 3.63) is 23.8 Å². The minimum absolute atomic E-state index is 0.0407. The van der Waals surface area contributed by atoms with Crippen molar-refractivity contribution >= 4 is 11.4 Å². The van der Waals surface area contributed by atoms with E-state index in [2.05, 4.69) is 27.7 Å². The van der Waals surface area contributed by atoms with Gasteiger partial charge in [-0.3, -0.25) is 0 Å². The molecule has 2 N–H and O–H groups in total. The summed E-state index contributed by atoms with van der Waals surface area (Å²) in [5.74, 6) is -0.183. The molecule has 114 valence electrons. The van der Waals surface area contributed by atoms with Crippen LogP contribution in [0.5, 0.6) is 0 Å². The summed E-state index contributed by atoms with van der Waals surface area (Å²) in [4.78, 5) is 2.00. The zero-order valence-corrected chi connectivity index (χ0v) is 12.9. The summed E-state index contributed by atoms with van der Waals surface area (Å²) in [6.45, 7) is 10.1. The largest absolute Gasteiger partial charge is 0.395 e. The van der Waals surface area contributed by atoms with Gasteiger partial charge in [-0.2, -0.15) is 0 Å². The van der Waals surface area contributed by atoms with Crippen molar-refractivity contribution in [1.29, 1.82) is 0 Å². The van der Waals surface area contributed by atoms with Crippen molar-refractivity contribution < 1.29 is 8.78 Å². The third-order valence-electron chi connectivity index (χ3n) is 3.37. The van der Waals surface area contributed by atoms with Crippen molar-refractivity contribution in [2.45, 2.75) is 40.5 Å². The lowest BCUT2D eigenvalue weighted by Crippen LogP contribution is -2.28. The van der Waals surface area contributed by atoms with Crippen LogP contribution in [-0.2, 0) is 0 Å². The van der Waals surface area contributed by atoms with Crippen LogP contribution in [0.2, 0.25) is 0 Å². The Kier molecular flexibility index (Phi) is 6.24. The Morgan fingerprint density at radius 2 is 1.50 bits per heavy atom. The van der Waals surface area contributed by atoms with Gasteiger partial charge >= 0.3 is 0 Å². The van der Waals surface area contributed by atoms with E-state index in [-0.39, 0.29) is 5.69 Å². The molecule has 0 heterocycles. The molecule has 0 aromatic heterocycles. The number of hydrogen-bond acceptors (Lipinski definition) is 2. The van der Waals surface area contributed by atoms with E-state index in [1.54, 1.807) is 0 Å². The van der Waals surface area contributed by atoms with E-state index >= 15 is 0 Å². The van der Waals surface area contributed by atoms with Gasteiger partial charge in [-0.25, -0.2) is 8.78 Å². The molecule has 20 heavy (non-hydrogen) atoms. The number of anilines is 2. The van der Waals surface area contributed by atoms with Gasteiger partial charge in [0.1, 0.15) is 5.82 Å². The predicted octanol–water partition coefficient (Wildman–Crippen LogP) is 4.45. The van der Waals surface area contributed by atoms with E-state index in [9.17, 15) is 8.78 Å². The summed E-state index contributed by atoms with van der Waals surface area (Å²) in [5.41, 5.74) is 6.30. The molecule has 0 radical (unpaired) electrons. The second-order valence-corrected chi connectivity index (χ2v) is 6.17. The van der Waals surface area contributed by atoms with Gasteiger partial charge in [0.2, 0.25) is 0 Å². The van der Waals surface area contributed by atoms with Crippen LogP contribution in [0.1, 0.15) is 40.5 Å². The Labute approximate surface area is 121 Å². The van der Waals surface area contributed by atoms with Crippen LogP contribution in [0.15, 0.2) is 12.1 Å². The molecule has 0 atom stereocenters. The minimum atomic E-state index is -0.681. The summed E-state index contributed by atoms with van der Waals surface area (Å²) in [5, 5.41) is 0. The summed E-state index contributed by atoms with van der Waals surface area (Å²) in [7, 11) is 0. The molecule has 0 amide bonds. The zero-order chi connectivity index (χ0) is 15.3. The molecule has 1 aromatic carbocycles. The molecular formula is C16H26F2N2. The molecule has 1 rings (SSSR count). The van der Waals surface area contributed by atoms with Gasteiger partial charge < -0.3 is 10.6 Å². The number of halogens is 2. The molecule has 0 aliphatic heterocycles. The smallest absolute Gasteiger partial charge is 0.151 e. The molecule has 0 bridgehead atoms.